The lowest BCUT2D eigenvalue weighted by atomic mass is 10.0. The third kappa shape index (κ3) is 4.71. The summed E-state index contributed by atoms with van der Waals surface area (Å²) in [6, 6.07) is 16.9. The van der Waals surface area contributed by atoms with Crippen LogP contribution in [0, 0.1) is 5.82 Å². The van der Waals surface area contributed by atoms with Crippen LogP contribution in [0.4, 0.5) is 4.39 Å². The molecular formula is C23H20ClFN2O2S. The van der Waals surface area contributed by atoms with Crippen LogP contribution in [0.25, 0.3) is 10.4 Å². The Morgan fingerprint density at radius 2 is 1.63 bits per heavy atom. The van der Waals surface area contributed by atoms with Crippen molar-refractivity contribution >= 4 is 34.8 Å². The summed E-state index contributed by atoms with van der Waals surface area (Å²) in [5, 5.41) is 3.66. The Balaban J connectivity index is 1.33. The number of likely N-dealkylation sites (tertiary alicyclic amines) is 1. The predicted octanol–water partition coefficient (Wildman–Crippen LogP) is 5.24. The molecule has 2 aromatic carbocycles. The fourth-order valence-corrected chi connectivity index (χ4v) is 4.58. The van der Waals surface area contributed by atoms with Crippen molar-refractivity contribution in [1.29, 1.82) is 0 Å². The summed E-state index contributed by atoms with van der Waals surface area (Å²) in [7, 11) is 0. The third-order valence-electron chi connectivity index (χ3n) is 5.17. The number of halogens is 2. The number of nitrogens with zero attached hydrogens (tertiary/aromatic N) is 1. The van der Waals surface area contributed by atoms with E-state index < -0.39 is 0 Å². The largest absolute Gasteiger partial charge is 0.349 e. The van der Waals surface area contributed by atoms with E-state index in [4.69, 9.17) is 11.6 Å². The van der Waals surface area contributed by atoms with Crippen LogP contribution in [0.1, 0.15) is 32.9 Å². The smallest absolute Gasteiger partial charge is 0.263 e. The van der Waals surface area contributed by atoms with Crippen LogP contribution < -0.4 is 5.32 Å². The first-order valence-corrected chi connectivity index (χ1v) is 10.9. The number of benzene rings is 2. The highest BCUT2D eigenvalue weighted by molar-refractivity contribution is 7.17. The van der Waals surface area contributed by atoms with Gasteiger partial charge in [-0.05, 0) is 66.9 Å². The van der Waals surface area contributed by atoms with Crippen molar-refractivity contribution in [3.05, 3.63) is 81.9 Å². The highest BCUT2D eigenvalue weighted by atomic mass is 35.5. The number of amides is 2. The second-order valence-corrected chi connectivity index (χ2v) is 8.74. The maximum absolute atomic E-state index is 13.0. The fourth-order valence-electron chi connectivity index (χ4n) is 3.47. The summed E-state index contributed by atoms with van der Waals surface area (Å²) in [4.78, 5) is 28.7. The van der Waals surface area contributed by atoms with Crippen molar-refractivity contribution in [2.45, 2.75) is 18.9 Å². The zero-order valence-electron chi connectivity index (χ0n) is 16.1. The molecule has 154 valence electrons. The summed E-state index contributed by atoms with van der Waals surface area (Å²) in [5.41, 5.74) is 1.47. The number of carbonyl (C=O) groups is 2. The van der Waals surface area contributed by atoms with Crippen LogP contribution in [0.2, 0.25) is 5.02 Å². The van der Waals surface area contributed by atoms with E-state index in [0.29, 0.717) is 41.4 Å². The van der Waals surface area contributed by atoms with E-state index >= 15 is 0 Å². The highest BCUT2D eigenvalue weighted by Gasteiger charge is 2.25. The molecule has 7 heteroatoms. The fraction of sp³-hybridized carbons (Fsp3) is 0.217. The van der Waals surface area contributed by atoms with E-state index in [1.807, 2.05) is 41.3 Å². The van der Waals surface area contributed by atoms with Crippen molar-refractivity contribution < 1.29 is 14.0 Å². The third-order valence-corrected chi connectivity index (χ3v) is 6.54. The van der Waals surface area contributed by atoms with Gasteiger partial charge in [-0.25, -0.2) is 4.39 Å². The molecule has 1 aliphatic heterocycles. The lowest BCUT2D eigenvalue weighted by molar-refractivity contribution is 0.0703. The molecule has 0 radical (unpaired) electrons. The number of carbonyl (C=O) groups excluding carboxylic acids is 2. The zero-order chi connectivity index (χ0) is 21.1. The first-order valence-electron chi connectivity index (χ1n) is 9.71. The normalized spacial score (nSPS) is 14.5. The lowest BCUT2D eigenvalue weighted by Gasteiger charge is -2.32. The van der Waals surface area contributed by atoms with Crippen LogP contribution in [-0.2, 0) is 0 Å². The molecule has 30 heavy (non-hydrogen) atoms. The van der Waals surface area contributed by atoms with Crippen molar-refractivity contribution in [2.75, 3.05) is 13.1 Å². The first kappa shape index (κ1) is 20.6. The van der Waals surface area contributed by atoms with Gasteiger partial charge in [-0.15, -0.1) is 11.3 Å². The minimum absolute atomic E-state index is 0.000401. The maximum atomic E-state index is 13.0. The molecule has 4 rings (SSSR count). The molecule has 1 aliphatic rings. The van der Waals surface area contributed by atoms with Crippen molar-refractivity contribution in [3.63, 3.8) is 0 Å². The van der Waals surface area contributed by atoms with Gasteiger partial charge in [0.2, 0.25) is 0 Å². The molecule has 2 amide bonds. The Labute approximate surface area is 183 Å². The van der Waals surface area contributed by atoms with Crippen LogP contribution in [0.3, 0.4) is 0 Å². The number of nitrogens with one attached hydrogen (secondary N) is 1. The topological polar surface area (TPSA) is 49.4 Å². The predicted molar refractivity (Wildman–Crippen MR) is 118 cm³/mol. The van der Waals surface area contributed by atoms with E-state index in [0.717, 1.165) is 10.4 Å². The molecule has 0 unspecified atom stereocenters. The average Bonchev–Trinajstić information content (AvgIpc) is 3.25. The number of hydrogen-bond acceptors (Lipinski definition) is 3. The summed E-state index contributed by atoms with van der Waals surface area (Å²) >= 11 is 7.41. The number of rotatable bonds is 4. The van der Waals surface area contributed by atoms with Crippen LogP contribution in [-0.4, -0.2) is 35.8 Å². The van der Waals surface area contributed by atoms with Gasteiger partial charge in [-0.1, -0.05) is 23.7 Å². The van der Waals surface area contributed by atoms with Crippen LogP contribution >= 0.6 is 22.9 Å². The molecule has 0 bridgehead atoms. The number of hydrogen-bond donors (Lipinski definition) is 1. The Bertz CT molecular complexity index is 1040. The molecule has 4 nitrogen and oxygen atoms in total. The average molecular weight is 443 g/mol. The molecule has 1 aromatic heterocycles. The van der Waals surface area contributed by atoms with Gasteiger partial charge in [0.15, 0.2) is 0 Å². The Morgan fingerprint density at radius 3 is 2.30 bits per heavy atom. The summed E-state index contributed by atoms with van der Waals surface area (Å²) in [5.74, 6) is -0.569. The van der Waals surface area contributed by atoms with Crippen LogP contribution in [0.5, 0.6) is 0 Å². The number of piperidine rings is 1. The Hall–Kier alpha value is -2.70. The molecule has 0 aliphatic carbocycles. The monoisotopic (exact) mass is 442 g/mol. The van der Waals surface area contributed by atoms with Crippen molar-refractivity contribution in [3.8, 4) is 10.4 Å². The van der Waals surface area contributed by atoms with E-state index in [9.17, 15) is 14.0 Å². The zero-order valence-corrected chi connectivity index (χ0v) is 17.7. The van der Waals surface area contributed by atoms with E-state index in [1.54, 1.807) is 0 Å². The standard InChI is InChI=1S/C23H20ClFN2O2S/c24-17-5-1-15(2-6-17)20-9-10-21(30-20)23(29)27-13-11-19(12-14-27)26-22(28)16-3-7-18(25)8-4-16/h1-10,19H,11-14H2,(H,26,28). The molecule has 1 saturated heterocycles. The van der Waals surface area contributed by atoms with Gasteiger partial charge >= 0.3 is 0 Å². The quantitative estimate of drug-likeness (QED) is 0.600. The lowest BCUT2D eigenvalue weighted by Crippen LogP contribution is -2.46. The van der Waals surface area contributed by atoms with Gasteiger partial charge in [-0.2, -0.15) is 0 Å². The van der Waals surface area contributed by atoms with E-state index in [2.05, 4.69) is 5.32 Å². The van der Waals surface area contributed by atoms with Gasteiger partial charge in [0.25, 0.3) is 11.8 Å². The molecule has 3 aromatic rings. The van der Waals surface area contributed by atoms with E-state index in [1.165, 1.54) is 35.6 Å². The first-order chi connectivity index (χ1) is 14.5. The molecule has 0 atom stereocenters. The van der Waals surface area contributed by atoms with Gasteiger partial charge in [-0.3, -0.25) is 9.59 Å². The van der Waals surface area contributed by atoms with Crippen molar-refractivity contribution in [2.24, 2.45) is 0 Å². The van der Waals surface area contributed by atoms with Gasteiger partial charge in [0.05, 0.1) is 4.88 Å². The molecule has 0 spiro atoms. The van der Waals surface area contributed by atoms with E-state index in [-0.39, 0.29) is 23.7 Å². The minimum atomic E-state index is -0.369. The molecule has 1 N–H and O–H groups in total. The Kier molecular flexibility index (Phi) is 6.16. The molecule has 2 heterocycles. The summed E-state index contributed by atoms with van der Waals surface area (Å²) in [6.45, 7) is 1.17. The summed E-state index contributed by atoms with van der Waals surface area (Å²) in [6.07, 6.45) is 1.38. The van der Waals surface area contributed by atoms with Gasteiger partial charge < -0.3 is 10.2 Å². The molecule has 1 fully saturated rings. The molecular weight excluding hydrogens is 423 g/mol. The second kappa shape index (κ2) is 8.98. The minimum Gasteiger partial charge on any atom is -0.349 e. The van der Waals surface area contributed by atoms with Gasteiger partial charge in [0.1, 0.15) is 5.82 Å². The van der Waals surface area contributed by atoms with Crippen molar-refractivity contribution in [1.82, 2.24) is 10.2 Å². The molecule has 0 saturated carbocycles. The highest BCUT2D eigenvalue weighted by Crippen LogP contribution is 2.30. The van der Waals surface area contributed by atoms with Crippen LogP contribution in [0.15, 0.2) is 60.7 Å². The summed E-state index contributed by atoms with van der Waals surface area (Å²) < 4.78 is 13.0. The van der Waals surface area contributed by atoms with Gasteiger partial charge in [0, 0.05) is 34.6 Å². The number of thiophene rings is 1. The maximum Gasteiger partial charge on any atom is 0.263 e. The SMILES string of the molecule is O=C(NC1CCN(C(=O)c2ccc(-c3ccc(Cl)cc3)s2)CC1)c1ccc(F)cc1. The second-order valence-electron chi connectivity index (χ2n) is 7.22. The Morgan fingerprint density at radius 1 is 0.967 bits per heavy atom.